The van der Waals surface area contributed by atoms with Crippen molar-refractivity contribution in [2.24, 2.45) is 5.10 Å². The number of hydrazone groups is 1. The van der Waals surface area contributed by atoms with Crippen LogP contribution in [-0.2, 0) is 37.5 Å². The predicted octanol–water partition coefficient (Wildman–Crippen LogP) is 1.80. The third-order valence-corrected chi connectivity index (χ3v) is 2.35. The van der Waals surface area contributed by atoms with Gasteiger partial charge in [0.1, 0.15) is 12.1 Å². The van der Waals surface area contributed by atoms with Crippen LogP contribution >= 0.6 is 0 Å². The van der Waals surface area contributed by atoms with Gasteiger partial charge in [0.2, 0.25) is 0 Å². The molecule has 2 rings (SSSR count). The van der Waals surface area contributed by atoms with Gasteiger partial charge in [-0.15, -0.1) is 5.56 Å². The molecule has 0 spiro atoms. The van der Waals surface area contributed by atoms with E-state index in [0.717, 1.165) is 11.8 Å². The molecule has 1 heterocycles. The third kappa shape index (κ3) is 4.75. The SMILES string of the molecule is O=[C-]c1ccc(N/N=C/c2ccc(C=O)cc2)nc1.[Y]. The molecule has 97 valence electrons. The number of aldehydes is 1. The summed E-state index contributed by atoms with van der Waals surface area (Å²) in [4.78, 5) is 24.8. The van der Waals surface area contributed by atoms with Crippen molar-refractivity contribution in [3.05, 3.63) is 59.3 Å². The Labute approximate surface area is 141 Å². The molecule has 0 aliphatic heterocycles. The van der Waals surface area contributed by atoms with Gasteiger partial charge >= 0.3 is 0 Å². The third-order valence-electron chi connectivity index (χ3n) is 2.35. The molecule has 0 aliphatic carbocycles. The van der Waals surface area contributed by atoms with E-state index in [-0.39, 0.29) is 32.7 Å². The zero-order valence-electron chi connectivity index (χ0n) is 10.5. The topological polar surface area (TPSA) is 71.4 Å². The molecular formula is C14H10N3O2Y-. The Morgan fingerprint density at radius 2 is 1.80 bits per heavy atom. The summed E-state index contributed by atoms with van der Waals surface area (Å²) >= 11 is 0. The molecule has 1 radical (unpaired) electrons. The number of hydrogen-bond acceptors (Lipinski definition) is 5. The van der Waals surface area contributed by atoms with E-state index in [1.54, 1.807) is 48.9 Å². The average molecular weight is 341 g/mol. The van der Waals surface area contributed by atoms with Crippen molar-refractivity contribution in [1.82, 2.24) is 4.98 Å². The molecule has 0 saturated heterocycles. The number of nitrogens with zero attached hydrogens (tertiary/aromatic N) is 2. The van der Waals surface area contributed by atoms with E-state index in [1.165, 1.54) is 6.20 Å². The minimum atomic E-state index is 0. The maximum absolute atomic E-state index is 10.5. The molecule has 20 heavy (non-hydrogen) atoms. The number of benzene rings is 1. The van der Waals surface area contributed by atoms with E-state index >= 15 is 0 Å². The molecule has 0 bridgehead atoms. The number of anilines is 1. The Bertz CT molecular complexity index is 595. The Morgan fingerprint density at radius 1 is 1.10 bits per heavy atom. The van der Waals surface area contributed by atoms with Crippen LogP contribution in [0.4, 0.5) is 5.82 Å². The van der Waals surface area contributed by atoms with Gasteiger partial charge < -0.3 is 9.78 Å². The summed E-state index contributed by atoms with van der Waals surface area (Å²) < 4.78 is 0. The van der Waals surface area contributed by atoms with Gasteiger partial charge in [-0.05, 0) is 5.56 Å². The Kier molecular flexibility index (Phi) is 6.91. The minimum Gasteiger partial charge on any atom is -0.376 e. The van der Waals surface area contributed by atoms with Crippen LogP contribution < -0.4 is 5.43 Å². The van der Waals surface area contributed by atoms with E-state index in [4.69, 9.17) is 0 Å². The van der Waals surface area contributed by atoms with Crippen LogP contribution in [0.1, 0.15) is 21.5 Å². The van der Waals surface area contributed by atoms with E-state index in [0.29, 0.717) is 16.9 Å². The molecule has 1 aromatic carbocycles. The summed E-state index contributed by atoms with van der Waals surface area (Å²) in [6.07, 6.45) is 5.54. The van der Waals surface area contributed by atoms with Crippen molar-refractivity contribution >= 4 is 24.6 Å². The van der Waals surface area contributed by atoms with Gasteiger partial charge in [-0.2, -0.15) is 11.2 Å². The van der Waals surface area contributed by atoms with Crippen LogP contribution in [0.3, 0.4) is 0 Å². The molecule has 1 aromatic heterocycles. The van der Waals surface area contributed by atoms with Gasteiger partial charge in [0.25, 0.3) is 0 Å². The maximum atomic E-state index is 10.5. The van der Waals surface area contributed by atoms with Crippen molar-refractivity contribution in [2.75, 3.05) is 5.43 Å². The van der Waals surface area contributed by atoms with E-state index in [9.17, 15) is 9.59 Å². The second-order valence-electron chi connectivity index (χ2n) is 3.69. The van der Waals surface area contributed by atoms with Crippen LogP contribution in [0.5, 0.6) is 0 Å². The van der Waals surface area contributed by atoms with Crippen LogP contribution in [0.2, 0.25) is 0 Å². The summed E-state index contributed by atoms with van der Waals surface area (Å²) in [7, 11) is 0. The molecule has 0 unspecified atom stereocenters. The van der Waals surface area contributed by atoms with Crippen LogP contribution in [-0.4, -0.2) is 23.8 Å². The summed E-state index contributed by atoms with van der Waals surface area (Å²) in [6, 6.07) is 10.2. The van der Waals surface area contributed by atoms with E-state index < -0.39 is 0 Å². The van der Waals surface area contributed by atoms with E-state index in [1.807, 2.05) is 0 Å². The zero-order chi connectivity index (χ0) is 13.5. The quantitative estimate of drug-likeness (QED) is 0.390. The Morgan fingerprint density at radius 3 is 2.35 bits per heavy atom. The fourth-order valence-corrected chi connectivity index (χ4v) is 1.35. The average Bonchev–Trinajstić information content (AvgIpc) is 2.49. The van der Waals surface area contributed by atoms with Crippen molar-refractivity contribution in [3.8, 4) is 0 Å². The number of carbonyl (C=O) groups excluding carboxylic acids is 2. The van der Waals surface area contributed by atoms with Crippen molar-refractivity contribution < 1.29 is 42.3 Å². The summed E-state index contributed by atoms with van der Waals surface area (Å²) in [5.41, 5.74) is 4.60. The predicted molar refractivity (Wildman–Crippen MR) is 72.1 cm³/mol. The van der Waals surface area contributed by atoms with Crippen LogP contribution in [0, 0.1) is 0 Å². The number of nitrogens with one attached hydrogen (secondary N) is 1. The number of aromatic nitrogens is 1. The first-order valence-corrected chi connectivity index (χ1v) is 5.50. The zero-order valence-corrected chi connectivity index (χ0v) is 13.3. The van der Waals surface area contributed by atoms with Gasteiger partial charge in [-0.1, -0.05) is 36.5 Å². The smallest absolute Gasteiger partial charge is 0.150 e. The van der Waals surface area contributed by atoms with Gasteiger partial charge in [0.05, 0.1) is 12.5 Å². The van der Waals surface area contributed by atoms with E-state index in [2.05, 4.69) is 15.5 Å². The molecule has 1 N–H and O–H groups in total. The largest absolute Gasteiger partial charge is 0.376 e. The first-order chi connectivity index (χ1) is 9.31. The molecule has 6 heteroatoms. The monoisotopic (exact) mass is 341 g/mol. The molecule has 5 nitrogen and oxygen atoms in total. The molecule has 0 amide bonds. The maximum Gasteiger partial charge on any atom is 0.150 e. The first-order valence-electron chi connectivity index (χ1n) is 5.50. The second-order valence-corrected chi connectivity index (χ2v) is 3.69. The van der Waals surface area contributed by atoms with Crippen molar-refractivity contribution in [2.45, 2.75) is 0 Å². The summed E-state index contributed by atoms with van der Waals surface area (Å²) in [5.74, 6) is 0.528. The Hall–Kier alpha value is -1.72. The molecule has 0 aliphatic rings. The molecule has 0 fully saturated rings. The van der Waals surface area contributed by atoms with Crippen molar-refractivity contribution in [3.63, 3.8) is 0 Å². The summed E-state index contributed by atoms with van der Waals surface area (Å²) in [5, 5.41) is 4.00. The summed E-state index contributed by atoms with van der Waals surface area (Å²) in [6.45, 7) is 0. The van der Waals surface area contributed by atoms with Crippen molar-refractivity contribution in [1.29, 1.82) is 0 Å². The molecule has 0 atom stereocenters. The van der Waals surface area contributed by atoms with Gasteiger partial charge in [0.15, 0.2) is 0 Å². The standard InChI is InChI=1S/C14H10N3O2.Y/c18-9-12-3-1-11(2-4-12)8-16-17-14-6-5-13(10-19)7-15-14;/h1-9H,(H,15,17);/q-1;/b16-8+;. The number of carbonyl (C=O) groups is 1. The fourth-order valence-electron chi connectivity index (χ4n) is 1.35. The second kappa shape index (κ2) is 8.45. The van der Waals surface area contributed by atoms with Gasteiger partial charge in [-0.3, -0.25) is 10.2 Å². The van der Waals surface area contributed by atoms with Gasteiger partial charge in [0, 0.05) is 38.3 Å². The normalized spacial score (nSPS) is 9.80. The van der Waals surface area contributed by atoms with Crippen LogP contribution in [0.25, 0.3) is 0 Å². The number of rotatable bonds is 5. The molecule has 0 saturated carbocycles. The van der Waals surface area contributed by atoms with Crippen LogP contribution in [0.15, 0.2) is 47.7 Å². The fraction of sp³-hybridized carbons (Fsp3) is 0. The molecule has 2 aromatic rings. The first kappa shape index (κ1) is 16.3. The Balaban J connectivity index is 0.00000200. The molecular weight excluding hydrogens is 331 g/mol. The minimum absolute atomic E-state index is 0. The van der Waals surface area contributed by atoms with Gasteiger partial charge in [-0.25, -0.2) is 0 Å². The number of hydrogen-bond donors (Lipinski definition) is 1. The number of pyridine rings is 1.